The number of thioether (sulfide) groups is 1. The largest absolute Gasteiger partial charge is 0.378 e. The minimum absolute atomic E-state index is 0.00927. The van der Waals surface area contributed by atoms with Crippen LogP contribution in [0.5, 0.6) is 0 Å². The second-order valence-electron chi connectivity index (χ2n) is 7.56. The number of carbonyl (C=O) groups is 1. The number of likely N-dealkylation sites (N-methyl/N-ethyl adjacent to an activating group) is 1. The third kappa shape index (κ3) is 4.04. The summed E-state index contributed by atoms with van der Waals surface area (Å²) in [5.41, 5.74) is 5.51. The van der Waals surface area contributed by atoms with Crippen molar-refractivity contribution in [2.75, 3.05) is 38.3 Å². The number of amides is 1. The van der Waals surface area contributed by atoms with Crippen LogP contribution in [0.4, 0.5) is 11.4 Å². The fourth-order valence-corrected chi connectivity index (χ4v) is 4.90. The van der Waals surface area contributed by atoms with Gasteiger partial charge in [-0.3, -0.25) is 9.69 Å². The van der Waals surface area contributed by atoms with E-state index in [0.717, 1.165) is 44.1 Å². The van der Waals surface area contributed by atoms with Gasteiger partial charge in [-0.2, -0.15) is 0 Å². The fraction of sp³-hybridized carbons (Fsp3) is 0.391. The summed E-state index contributed by atoms with van der Waals surface area (Å²) in [7, 11) is 1.78. The van der Waals surface area contributed by atoms with Gasteiger partial charge in [-0.1, -0.05) is 0 Å². The van der Waals surface area contributed by atoms with Gasteiger partial charge in [0.25, 0.3) is 5.91 Å². The molecule has 2 aliphatic rings. The predicted molar refractivity (Wildman–Crippen MR) is 124 cm³/mol. The normalized spacial score (nSPS) is 20.1. The van der Waals surface area contributed by atoms with E-state index in [-0.39, 0.29) is 5.91 Å². The van der Waals surface area contributed by atoms with Crippen molar-refractivity contribution in [1.82, 2.24) is 9.47 Å². The van der Waals surface area contributed by atoms with Gasteiger partial charge in [0.2, 0.25) is 0 Å². The summed E-state index contributed by atoms with van der Waals surface area (Å²) in [6.07, 6.45) is 1.99. The highest BCUT2D eigenvalue weighted by Gasteiger charge is 2.30. The Morgan fingerprint density at radius 3 is 2.50 bits per heavy atom. The predicted octanol–water partition coefficient (Wildman–Crippen LogP) is 4.20. The number of amidine groups is 1. The standard InChI is InChI=1S/C23H28N4O2S/c1-5-27-16(2)14-18(17(27)3)15-21-22(28)25(4)23(30-21)24-19-6-8-20(9-7-19)26-10-12-29-13-11-26/h6-9,14-15H,5,10-13H2,1-4H3. The Bertz CT molecular complexity index is 1000. The third-order valence-corrected chi connectivity index (χ3v) is 6.73. The molecule has 1 amide bonds. The quantitative estimate of drug-likeness (QED) is 0.691. The van der Waals surface area contributed by atoms with Crippen LogP contribution in [0.15, 0.2) is 40.2 Å². The number of nitrogens with zero attached hydrogens (tertiary/aromatic N) is 4. The number of carbonyl (C=O) groups excluding carboxylic acids is 1. The molecule has 158 valence electrons. The topological polar surface area (TPSA) is 50.1 Å². The first-order chi connectivity index (χ1) is 14.5. The molecule has 0 unspecified atom stereocenters. The second kappa shape index (κ2) is 8.70. The lowest BCUT2D eigenvalue weighted by atomic mass is 10.2. The van der Waals surface area contributed by atoms with E-state index in [1.54, 1.807) is 11.9 Å². The van der Waals surface area contributed by atoms with Gasteiger partial charge in [0.15, 0.2) is 5.17 Å². The monoisotopic (exact) mass is 424 g/mol. The molecular formula is C23H28N4O2S. The number of morpholine rings is 1. The molecule has 1 aromatic carbocycles. The van der Waals surface area contributed by atoms with Crippen LogP contribution in [0.2, 0.25) is 0 Å². The summed E-state index contributed by atoms with van der Waals surface area (Å²) in [5.74, 6) is -0.00927. The molecule has 0 aliphatic carbocycles. The number of aryl methyl sites for hydroxylation is 1. The summed E-state index contributed by atoms with van der Waals surface area (Å²) in [4.78, 5) is 22.1. The summed E-state index contributed by atoms with van der Waals surface area (Å²) in [6.45, 7) is 10.6. The van der Waals surface area contributed by atoms with Gasteiger partial charge in [-0.15, -0.1) is 0 Å². The number of ether oxygens (including phenoxy) is 1. The molecule has 7 heteroatoms. The molecule has 6 nitrogen and oxygen atoms in total. The first-order valence-electron chi connectivity index (χ1n) is 10.3. The first-order valence-corrected chi connectivity index (χ1v) is 11.2. The molecule has 0 radical (unpaired) electrons. The van der Waals surface area contributed by atoms with Crippen LogP contribution in [-0.2, 0) is 16.1 Å². The van der Waals surface area contributed by atoms with Gasteiger partial charge in [0.05, 0.1) is 23.8 Å². The van der Waals surface area contributed by atoms with Gasteiger partial charge in [0.1, 0.15) is 0 Å². The van der Waals surface area contributed by atoms with Gasteiger partial charge in [-0.05, 0) is 74.5 Å². The van der Waals surface area contributed by atoms with Crippen LogP contribution in [0, 0.1) is 13.8 Å². The molecule has 0 bridgehead atoms. The number of hydrogen-bond acceptors (Lipinski definition) is 5. The third-order valence-electron chi connectivity index (χ3n) is 5.67. The second-order valence-corrected chi connectivity index (χ2v) is 8.56. The Hall–Kier alpha value is -2.51. The average molecular weight is 425 g/mol. The average Bonchev–Trinajstić information content (AvgIpc) is 3.18. The van der Waals surface area contributed by atoms with Crippen molar-refractivity contribution in [3.05, 3.63) is 52.2 Å². The van der Waals surface area contributed by atoms with E-state index in [0.29, 0.717) is 10.1 Å². The number of hydrogen-bond donors (Lipinski definition) is 0. The summed E-state index contributed by atoms with van der Waals surface area (Å²) in [5, 5.41) is 0.703. The van der Waals surface area contributed by atoms with E-state index in [2.05, 4.69) is 48.4 Å². The van der Waals surface area contributed by atoms with Gasteiger partial charge < -0.3 is 14.2 Å². The van der Waals surface area contributed by atoms with Crippen molar-refractivity contribution >= 4 is 40.3 Å². The molecule has 1 aromatic heterocycles. The Kier molecular flexibility index (Phi) is 6.01. The Morgan fingerprint density at radius 2 is 1.87 bits per heavy atom. The summed E-state index contributed by atoms with van der Waals surface area (Å²) in [6, 6.07) is 10.3. The van der Waals surface area contributed by atoms with Gasteiger partial charge in [0, 0.05) is 43.8 Å². The van der Waals surface area contributed by atoms with Crippen molar-refractivity contribution in [1.29, 1.82) is 0 Å². The smallest absolute Gasteiger partial charge is 0.266 e. The molecule has 2 saturated heterocycles. The maximum Gasteiger partial charge on any atom is 0.266 e. The zero-order valence-corrected chi connectivity index (χ0v) is 18.8. The SMILES string of the molecule is CCn1c(C)cc(C=C2SC(=Nc3ccc(N4CCOCC4)cc3)N(C)C2=O)c1C. The number of aromatic nitrogens is 1. The van der Waals surface area contributed by atoms with Crippen molar-refractivity contribution < 1.29 is 9.53 Å². The van der Waals surface area contributed by atoms with Crippen LogP contribution >= 0.6 is 11.8 Å². The Balaban J connectivity index is 1.54. The molecule has 2 fully saturated rings. The zero-order chi connectivity index (χ0) is 21.3. The van der Waals surface area contributed by atoms with Crippen molar-refractivity contribution in [2.24, 2.45) is 4.99 Å². The number of rotatable bonds is 4. The minimum Gasteiger partial charge on any atom is -0.378 e. The maximum atomic E-state index is 12.8. The van der Waals surface area contributed by atoms with Crippen LogP contribution in [0.25, 0.3) is 6.08 Å². The molecule has 2 aromatic rings. The molecule has 3 heterocycles. The van der Waals surface area contributed by atoms with Crippen LogP contribution in [0.3, 0.4) is 0 Å². The molecule has 0 atom stereocenters. The van der Waals surface area contributed by atoms with E-state index in [1.807, 2.05) is 18.2 Å². The number of anilines is 1. The minimum atomic E-state index is -0.00927. The van der Waals surface area contributed by atoms with Gasteiger partial charge in [-0.25, -0.2) is 4.99 Å². The molecule has 2 aliphatic heterocycles. The lowest BCUT2D eigenvalue weighted by molar-refractivity contribution is -0.121. The summed E-state index contributed by atoms with van der Waals surface area (Å²) >= 11 is 1.43. The van der Waals surface area contributed by atoms with Crippen LogP contribution in [0.1, 0.15) is 23.9 Å². The van der Waals surface area contributed by atoms with Gasteiger partial charge >= 0.3 is 0 Å². The van der Waals surface area contributed by atoms with E-state index in [4.69, 9.17) is 9.73 Å². The van der Waals surface area contributed by atoms with E-state index >= 15 is 0 Å². The number of benzene rings is 1. The summed E-state index contributed by atoms with van der Waals surface area (Å²) < 4.78 is 7.67. The number of aliphatic imine (C=N–C) groups is 1. The van der Waals surface area contributed by atoms with Crippen LogP contribution in [-0.4, -0.2) is 53.9 Å². The highest BCUT2D eigenvalue weighted by molar-refractivity contribution is 8.18. The molecular weight excluding hydrogens is 396 g/mol. The molecule has 0 saturated carbocycles. The first kappa shape index (κ1) is 20.8. The maximum absolute atomic E-state index is 12.8. The molecule has 0 N–H and O–H groups in total. The highest BCUT2D eigenvalue weighted by atomic mass is 32.2. The van der Waals surface area contributed by atoms with Crippen molar-refractivity contribution in [2.45, 2.75) is 27.3 Å². The fourth-order valence-electron chi connectivity index (χ4n) is 3.92. The van der Waals surface area contributed by atoms with E-state index in [1.165, 1.54) is 28.8 Å². The van der Waals surface area contributed by atoms with Crippen LogP contribution < -0.4 is 4.90 Å². The van der Waals surface area contributed by atoms with Crippen molar-refractivity contribution in [3.63, 3.8) is 0 Å². The Labute approximate surface area is 182 Å². The van der Waals surface area contributed by atoms with E-state index in [9.17, 15) is 4.79 Å². The zero-order valence-electron chi connectivity index (χ0n) is 18.0. The lowest BCUT2D eigenvalue weighted by Crippen LogP contribution is -2.36. The van der Waals surface area contributed by atoms with E-state index < -0.39 is 0 Å². The molecule has 0 spiro atoms. The molecule has 4 rings (SSSR count). The van der Waals surface area contributed by atoms with Crippen molar-refractivity contribution in [3.8, 4) is 0 Å². The lowest BCUT2D eigenvalue weighted by Gasteiger charge is -2.28. The highest BCUT2D eigenvalue weighted by Crippen LogP contribution is 2.34. The molecule has 30 heavy (non-hydrogen) atoms. The Morgan fingerprint density at radius 1 is 1.17 bits per heavy atom.